The molecule has 130 valence electrons. The van der Waals surface area contributed by atoms with Crippen LogP contribution in [-0.4, -0.2) is 21.5 Å². The van der Waals surface area contributed by atoms with Crippen molar-refractivity contribution in [3.63, 3.8) is 0 Å². The monoisotopic (exact) mass is 344 g/mol. The fraction of sp³-hybridized carbons (Fsp3) is 0.200. The van der Waals surface area contributed by atoms with Crippen molar-refractivity contribution in [2.24, 2.45) is 0 Å². The van der Waals surface area contributed by atoms with Crippen molar-refractivity contribution in [1.82, 2.24) is 15.0 Å². The van der Waals surface area contributed by atoms with Gasteiger partial charge in [-0.15, -0.1) is 0 Å². The molecule has 0 saturated heterocycles. The molecule has 0 atom stereocenters. The molecule has 0 fully saturated rings. The second kappa shape index (κ2) is 9.14. The van der Waals surface area contributed by atoms with Crippen molar-refractivity contribution in [2.75, 3.05) is 17.2 Å². The molecule has 0 aliphatic heterocycles. The quantitative estimate of drug-likeness (QED) is 0.602. The summed E-state index contributed by atoms with van der Waals surface area (Å²) in [4.78, 5) is 12.5. The summed E-state index contributed by atoms with van der Waals surface area (Å²) in [5, 5.41) is 15.4. The summed E-state index contributed by atoms with van der Waals surface area (Å²) < 4.78 is 0. The van der Waals surface area contributed by atoms with Crippen molar-refractivity contribution >= 4 is 17.6 Å². The normalized spacial score (nSPS) is 10.1. The Hall–Kier alpha value is -3.46. The first-order chi connectivity index (χ1) is 12.8. The van der Waals surface area contributed by atoms with Gasteiger partial charge in [0.1, 0.15) is 6.07 Å². The van der Waals surface area contributed by atoms with E-state index in [4.69, 9.17) is 5.26 Å². The van der Waals surface area contributed by atoms with E-state index in [9.17, 15) is 0 Å². The van der Waals surface area contributed by atoms with Gasteiger partial charge in [-0.2, -0.15) is 20.2 Å². The number of unbranched alkanes of at least 4 members (excludes halogenated alkanes) is 1. The molecule has 6 heteroatoms. The van der Waals surface area contributed by atoms with E-state index in [0.717, 1.165) is 31.5 Å². The summed E-state index contributed by atoms with van der Waals surface area (Å²) in [5.41, 5.74) is 2.20. The summed E-state index contributed by atoms with van der Waals surface area (Å²) in [5.74, 6) is 0.856. The standard InChI is InChI=1S/C20H20N6/c21-15-18-24-19(22-14-8-7-11-16-9-3-1-4-10-16)26-20(25-18)23-17-12-5-2-6-13-17/h1-6,9-10,12-13H,7-8,11,14H2,(H2,22,23,24,25,26). The van der Waals surface area contributed by atoms with Crippen LogP contribution in [-0.2, 0) is 6.42 Å². The Morgan fingerprint density at radius 1 is 0.808 bits per heavy atom. The highest BCUT2D eigenvalue weighted by atomic mass is 15.2. The zero-order valence-corrected chi connectivity index (χ0v) is 14.4. The molecule has 0 spiro atoms. The van der Waals surface area contributed by atoms with Gasteiger partial charge in [-0.3, -0.25) is 0 Å². The third-order valence-corrected chi connectivity index (χ3v) is 3.78. The first-order valence-corrected chi connectivity index (χ1v) is 8.59. The molecule has 1 aromatic heterocycles. The Balaban J connectivity index is 1.54. The lowest BCUT2D eigenvalue weighted by molar-refractivity contribution is 0.758. The summed E-state index contributed by atoms with van der Waals surface area (Å²) in [6, 6.07) is 22.0. The number of anilines is 3. The summed E-state index contributed by atoms with van der Waals surface area (Å²) in [6.45, 7) is 0.743. The van der Waals surface area contributed by atoms with E-state index in [1.165, 1.54) is 5.56 Å². The number of benzene rings is 2. The van der Waals surface area contributed by atoms with Crippen LogP contribution in [0, 0.1) is 11.3 Å². The number of para-hydroxylation sites is 1. The maximum absolute atomic E-state index is 9.13. The van der Waals surface area contributed by atoms with Crippen molar-refractivity contribution in [3.05, 3.63) is 72.1 Å². The molecule has 6 nitrogen and oxygen atoms in total. The van der Waals surface area contributed by atoms with Crippen molar-refractivity contribution in [2.45, 2.75) is 19.3 Å². The molecule has 0 amide bonds. The Labute approximate surface area is 153 Å². The Bertz CT molecular complexity index is 858. The van der Waals surface area contributed by atoms with Gasteiger partial charge in [0, 0.05) is 12.2 Å². The highest BCUT2D eigenvalue weighted by Gasteiger charge is 2.06. The number of nitrogens with zero attached hydrogens (tertiary/aromatic N) is 4. The number of aromatic nitrogens is 3. The van der Waals surface area contributed by atoms with Crippen molar-refractivity contribution in [1.29, 1.82) is 5.26 Å². The number of nitriles is 1. The number of rotatable bonds is 8. The lowest BCUT2D eigenvalue weighted by Gasteiger charge is -2.08. The van der Waals surface area contributed by atoms with Crippen LogP contribution in [0.5, 0.6) is 0 Å². The minimum atomic E-state index is 0.0882. The molecular formula is C20H20N6. The molecule has 0 aliphatic carbocycles. The lowest BCUT2D eigenvalue weighted by Crippen LogP contribution is -2.10. The van der Waals surface area contributed by atoms with E-state index >= 15 is 0 Å². The molecule has 2 aromatic carbocycles. The molecule has 0 bridgehead atoms. The third kappa shape index (κ3) is 5.28. The zero-order chi connectivity index (χ0) is 18.0. The summed E-state index contributed by atoms with van der Waals surface area (Å²) >= 11 is 0. The van der Waals surface area contributed by atoms with Gasteiger partial charge in [-0.25, -0.2) is 0 Å². The lowest BCUT2D eigenvalue weighted by atomic mass is 10.1. The molecular weight excluding hydrogens is 324 g/mol. The van der Waals surface area contributed by atoms with Crippen molar-refractivity contribution < 1.29 is 0 Å². The predicted octanol–water partition coefficient (Wildman–Crippen LogP) is 3.92. The van der Waals surface area contributed by atoms with E-state index in [1.807, 2.05) is 42.5 Å². The SMILES string of the molecule is N#Cc1nc(NCCCCc2ccccc2)nc(Nc2ccccc2)n1. The fourth-order valence-electron chi connectivity index (χ4n) is 2.51. The fourth-order valence-corrected chi connectivity index (χ4v) is 2.51. The van der Waals surface area contributed by atoms with Crippen LogP contribution in [0.3, 0.4) is 0 Å². The van der Waals surface area contributed by atoms with Gasteiger partial charge in [0.15, 0.2) is 0 Å². The zero-order valence-electron chi connectivity index (χ0n) is 14.4. The molecule has 3 aromatic rings. The molecule has 26 heavy (non-hydrogen) atoms. The van der Waals surface area contributed by atoms with Crippen LogP contribution >= 0.6 is 0 Å². The van der Waals surface area contributed by atoms with Gasteiger partial charge in [0.2, 0.25) is 17.7 Å². The van der Waals surface area contributed by atoms with Crippen LogP contribution in [0.25, 0.3) is 0 Å². The number of aryl methyl sites for hydroxylation is 1. The number of hydrogen-bond acceptors (Lipinski definition) is 6. The molecule has 0 saturated carbocycles. The Morgan fingerprint density at radius 2 is 1.50 bits per heavy atom. The van der Waals surface area contributed by atoms with Crippen LogP contribution in [0.15, 0.2) is 60.7 Å². The number of nitrogens with one attached hydrogen (secondary N) is 2. The smallest absolute Gasteiger partial charge is 0.238 e. The topological polar surface area (TPSA) is 86.5 Å². The van der Waals surface area contributed by atoms with E-state index in [0.29, 0.717) is 11.9 Å². The molecule has 2 N–H and O–H groups in total. The average Bonchev–Trinajstić information content (AvgIpc) is 2.69. The molecule has 0 radical (unpaired) electrons. The minimum absolute atomic E-state index is 0.0882. The second-order valence-corrected chi connectivity index (χ2v) is 5.78. The maximum Gasteiger partial charge on any atom is 0.238 e. The van der Waals surface area contributed by atoms with E-state index in [-0.39, 0.29) is 5.82 Å². The van der Waals surface area contributed by atoms with Crippen LogP contribution in [0.2, 0.25) is 0 Å². The highest BCUT2D eigenvalue weighted by Crippen LogP contribution is 2.13. The Kier molecular flexibility index (Phi) is 6.10. The average molecular weight is 344 g/mol. The van der Waals surface area contributed by atoms with Crippen molar-refractivity contribution in [3.8, 4) is 6.07 Å². The minimum Gasteiger partial charge on any atom is -0.354 e. The van der Waals surface area contributed by atoms with Gasteiger partial charge >= 0.3 is 0 Å². The van der Waals surface area contributed by atoms with Gasteiger partial charge in [-0.1, -0.05) is 48.5 Å². The van der Waals surface area contributed by atoms with E-state index in [1.54, 1.807) is 0 Å². The number of hydrogen-bond donors (Lipinski definition) is 2. The van der Waals surface area contributed by atoms with Gasteiger partial charge < -0.3 is 10.6 Å². The van der Waals surface area contributed by atoms with Crippen LogP contribution < -0.4 is 10.6 Å². The highest BCUT2D eigenvalue weighted by molar-refractivity contribution is 5.54. The molecule has 3 rings (SSSR count). The largest absolute Gasteiger partial charge is 0.354 e. The van der Waals surface area contributed by atoms with Gasteiger partial charge in [-0.05, 0) is 37.0 Å². The van der Waals surface area contributed by atoms with E-state index in [2.05, 4.69) is 49.9 Å². The molecule has 0 aliphatic rings. The summed E-state index contributed by atoms with van der Waals surface area (Å²) in [6.07, 6.45) is 3.11. The predicted molar refractivity (Wildman–Crippen MR) is 102 cm³/mol. The summed E-state index contributed by atoms with van der Waals surface area (Å²) in [7, 11) is 0. The second-order valence-electron chi connectivity index (χ2n) is 5.78. The van der Waals surface area contributed by atoms with Gasteiger partial charge in [0.05, 0.1) is 0 Å². The maximum atomic E-state index is 9.13. The third-order valence-electron chi connectivity index (χ3n) is 3.78. The Morgan fingerprint density at radius 3 is 2.23 bits per heavy atom. The molecule has 1 heterocycles. The molecule has 0 unspecified atom stereocenters. The van der Waals surface area contributed by atoms with Crippen LogP contribution in [0.4, 0.5) is 17.6 Å². The van der Waals surface area contributed by atoms with Gasteiger partial charge in [0.25, 0.3) is 0 Å². The van der Waals surface area contributed by atoms with Crippen LogP contribution in [0.1, 0.15) is 24.2 Å². The first kappa shape index (κ1) is 17.4. The first-order valence-electron chi connectivity index (χ1n) is 8.59. The van der Waals surface area contributed by atoms with E-state index < -0.39 is 0 Å².